The van der Waals surface area contributed by atoms with E-state index in [1.807, 2.05) is 42.5 Å². The molecule has 0 aliphatic carbocycles. The third-order valence-corrected chi connectivity index (χ3v) is 4.15. The summed E-state index contributed by atoms with van der Waals surface area (Å²) in [5.74, 6) is -1.08. The molecule has 0 unspecified atom stereocenters. The van der Waals surface area contributed by atoms with Gasteiger partial charge < -0.3 is 14.8 Å². The fourth-order valence-corrected chi connectivity index (χ4v) is 2.58. The first kappa shape index (κ1) is 24.9. The molecule has 0 saturated heterocycles. The van der Waals surface area contributed by atoms with Crippen molar-refractivity contribution in [3.8, 4) is 22.8 Å². The van der Waals surface area contributed by atoms with Crippen LogP contribution < -0.4 is 4.74 Å². The van der Waals surface area contributed by atoms with Gasteiger partial charge in [-0.1, -0.05) is 18.2 Å². The zero-order valence-electron chi connectivity index (χ0n) is 17.0. The van der Waals surface area contributed by atoms with Crippen LogP contribution in [0.1, 0.15) is 5.56 Å². The van der Waals surface area contributed by atoms with Gasteiger partial charge in [-0.15, -0.1) is 35.9 Å². The maximum Gasteiger partial charge on any atom is 0.151 e. The summed E-state index contributed by atoms with van der Waals surface area (Å²) in [6.07, 6.45) is 2.97. The molecule has 3 aromatic carbocycles. The third-order valence-electron chi connectivity index (χ3n) is 4.15. The van der Waals surface area contributed by atoms with Crippen LogP contribution in [0.5, 0.6) is 11.5 Å². The standard InChI is InChI=1S/C14H11F2NO2.C11H8N.Pt/c1-19-10-5-6-13(18)9(7-10)8-17-14-11(15)3-2-4-12(14)16;1-2-6-10(7-3-1)11-8-4-5-9-12-11;/h2-8,18H,1H3;1-6,8-9H;/q;-1;. The number of methoxy groups -OCH3 is 1. The van der Waals surface area contributed by atoms with Crippen LogP contribution in [0, 0.1) is 17.7 Å². The van der Waals surface area contributed by atoms with E-state index in [1.54, 1.807) is 12.3 Å². The smallest absolute Gasteiger partial charge is 0.151 e. The van der Waals surface area contributed by atoms with Crippen LogP contribution in [0.15, 0.2) is 90.1 Å². The van der Waals surface area contributed by atoms with E-state index in [1.165, 1.54) is 31.5 Å². The van der Waals surface area contributed by atoms with E-state index in [0.29, 0.717) is 11.3 Å². The van der Waals surface area contributed by atoms with Gasteiger partial charge in [0.15, 0.2) is 11.6 Å². The van der Waals surface area contributed by atoms with E-state index in [0.717, 1.165) is 23.4 Å². The Hall–Kier alpha value is -3.37. The Bertz CT molecular complexity index is 1100. The Kier molecular flexibility index (Phi) is 9.70. The Morgan fingerprint density at radius 1 is 0.969 bits per heavy atom. The van der Waals surface area contributed by atoms with Crippen molar-refractivity contribution in [1.29, 1.82) is 0 Å². The molecule has 0 atom stereocenters. The number of benzene rings is 3. The molecular formula is C25H19F2N2O2Pt-. The molecule has 1 heterocycles. The minimum Gasteiger partial charge on any atom is -0.507 e. The fourth-order valence-electron chi connectivity index (χ4n) is 2.58. The van der Waals surface area contributed by atoms with Crippen LogP contribution in [0.25, 0.3) is 11.3 Å². The molecule has 7 heteroatoms. The summed E-state index contributed by atoms with van der Waals surface area (Å²) in [4.78, 5) is 7.94. The largest absolute Gasteiger partial charge is 0.507 e. The summed E-state index contributed by atoms with van der Waals surface area (Å²) >= 11 is 0. The molecule has 4 nitrogen and oxygen atoms in total. The first-order chi connectivity index (χ1) is 15.1. The predicted molar refractivity (Wildman–Crippen MR) is 117 cm³/mol. The van der Waals surface area contributed by atoms with Gasteiger partial charge in [-0.05, 0) is 42.1 Å². The van der Waals surface area contributed by atoms with E-state index in [2.05, 4.69) is 16.0 Å². The summed E-state index contributed by atoms with van der Waals surface area (Å²) in [7, 11) is 1.48. The number of hydrogen-bond donors (Lipinski definition) is 1. The molecule has 1 aromatic heterocycles. The second kappa shape index (κ2) is 12.5. The van der Waals surface area contributed by atoms with E-state index < -0.39 is 17.3 Å². The van der Waals surface area contributed by atoms with Crippen LogP contribution in [-0.2, 0) is 21.1 Å². The van der Waals surface area contributed by atoms with Crippen molar-refractivity contribution in [3.05, 3.63) is 108 Å². The van der Waals surface area contributed by atoms with Gasteiger partial charge in [0.2, 0.25) is 0 Å². The van der Waals surface area contributed by atoms with Gasteiger partial charge in [0.1, 0.15) is 17.2 Å². The Balaban J connectivity index is 0.000000241. The van der Waals surface area contributed by atoms with Gasteiger partial charge in [0, 0.05) is 39.0 Å². The molecule has 0 aliphatic heterocycles. The summed E-state index contributed by atoms with van der Waals surface area (Å²) in [6, 6.07) is 24.8. The number of rotatable bonds is 4. The number of aliphatic imine (C=N–C) groups is 1. The average Bonchev–Trinajstić information content (AvgIpc) is 2.81. The normalized spacial score (nSPS) is 10.1. The number of phenolic OH excluding ortho intramolecular Hbond substituents is 1. The van der Waals surface area contributed by atoms with Gasteiger partial charge in [-0.3, -0.25) is 0 Å². The summed E-state index contributed by atoms with van der Waals surface area (Å²) in [5, 5.41) is 9.61. The van der Waals surface area contributed by atoms with Crippen LogP contribution in [-0.4, -0.2) is 23.4 Å². The molecular weight excluding hydrogens is 593 g/mol. The van der Waals surface area contributed by atoms with E-state index in [9.17, 15) is 13.9 Å². The maximum absolute atomic E-state index is 13.4. The molecule has 4 rings (SSSR count). The first-order valence-electron chi connectivity index (χ1n) is 9.31. The van der Waals surface area contributed by atoms with Crippen molar-refractivity contribution in [1.82, 2.24) is 4.98 Å². The summed E-state index contributed by atoms with van der Waals surface area (Å²) < 4.78 is 31.7. The average molecular weight is 613 g/mol. The molecule has 0 saturated carbocycles. The Morgan fingerprint density at radius 3 is 2.34 bits per heavy atom. The second-order valence-electron chi connectivity index (χ2n) is 6.24. The number of phenols is 1. The van der Waals surface area contributed by atoms with Crippen molar-refractivity contribution < 1.29 is 39.7 Å². The topological polar surface area (TPSA) is 54.7 Å². The van der Waals surface area contributed by atoms with Crippen molar-refractivity contribution in [2.24, 2.45) is 4.99 Å². The van der Waals surface area contributed by atoms with Crippen molar-refractivity contribution in [3.63, 3.8) is 0 Å². The van der Waals surface area contributed by atoms with Gasteiger partial charge in [-0.2, -0.15) is 0 Å². The van der Waals surface area contributed by atoms with E-state index >= 15 is 0 Å². The number of ether oxygens (including phenoxy) is 1. The molecule has 0 spiro atoms. The number of aromatic nitrogens is 1. The fraction of sp³-hybridized carbons (Fsp3) is 0.0400. The van der Waals surface area contributed by atoms with Gasteiger partial charge >= 0.3 is 0 Å². The Morgan fingerprint density at radius 2 is 1.72 bits per heavy atom. The molecule has 0 fully saturated rings. The van der Waals surface area contributed by atoms with Crippen LogP contribution in [0.3, 0.4) is 0 Å². The zero-order valence-corrected chi connectivity index (χ0v) is 19.3. The Labute approximate surface area is 199 Å². The van der Waals surface area contributed by atoms with Gasteiger partial charge in [0.05, 0.1) is 7.11 Å². The third kappa shape index (κ3) is 6.82. The van der Waals surface area contributed by atoms with Crippen molar-refractivity contribution >= 4 is 11.9 Å². The minimum absolute atomic E-state index is 0. The maximum atomic E-state index is 13.4. The number of nitrogens with zero attached hydrogens (tertiary/aromatic N) is 2. The minimum atomic E-state index is -0.765. The predicted octanol–water partition coefficient (Wildman–Crippen LogP) is 5.98. The van der Waals surface area contributed by atoms with E-state index in [-0.39, 0.29) is 26.8 Å². The van der Waals surface area contributed by atoms with Gasteiger partial charge in [0.25, 0.3) is 0 Å². The molecule has 0 radical (unpaired) electrons. The first-order valence-corrected chi connectivity index (χ1v) is 9.31. The summed E-state index contributed by atoms with van der Waals surface area (Å²) in [5.41, 5.74) is 1.92. The van der Waals surface area contributed by atoms with Gasteiger partial charge in [-0.25, -0.2) is 13.8 Å². The molecule has 0 aliphatic rings. The number of para-hydroxylation sites is 1. The van der Waals surface area contributed by atoms with Crippen LogP contribution >= 0.6 is 0 Å². The van der Waals surface area contributed by atoms with Crippen LogP contribution in [0.4, 0.5) is 14.5 Å². The molecule has 0 amide bonds. The number of hydrogen-bond acceptors (Lipinski definition) is 4. The molecule has 1 N–H and O–H groups in total. The monoisotopic (exact) mass is 612 g/mol. The molecule has 0 bridgehead atoms. The van der Waals surface area contributed by atoms with E-state index in [4.69, 9.17) is 4.74 Å². The molecule has 32 heavy (non-hydrogen) atoms. The number of aromatic hydroxyl groups is 1. The zero-order chi connectivity index (χ0) is 22.1. The second-order valence-corrected chi connectivity index (χ2v) is 6.24. The van der Waals surface area contributed by atoms with Crippen LogP contribution in [0.2, 0.25) is 0 Å². The number of pyridine rings is 1. The van der Waals surface area contributed by atoms with Crippen molar-refractivity contribution in [2.75, 3.05) is 7.11 Å². The molecule has 4 aromatic rings. The van der Waals surface area contributed by atoms with Crippen molar-refractivity contribution in [2.45, 2.75) is 0 Å². The molecule has 166 valence electrons. The SMILES string of the molecule is COc1ccc(O)c(C=Nc2c(F)cccc2F)c1.[Pt].[c-]1ccccc1-c1ccccn1. The number of halogens is 2. The quantitative estimate of drug-likeness (QED) is 0.228. The summed E-state index contributed by atoms with van der Waals surface area (Å²) in [6.45, 7) is 0.